The van der Waals surface area contributed by atoms with Crippen LogP contribution in [-0.2, 0) is 4.74 Å². The molecule has 1 atom stereocenters. The van der Waals surface area contributed by atoms with Crippen LogP contribution in [0.1, 0.15) is 35.8 Å². The number of ether oxygens (including phenoxy) is 1. The molecule has 90 valence electrons. The van der Waals surface area contributed by atoms with E-state index in [2.05, 4.69) is 21.6 Å². The van der Waals surface area contributed by atoms with E-state index in [4.69, 9.17) is 4.74 Å². The molecule has 1 aromatic rings. The van der Waals surface area contributed by atoms with Gasteiger partial charge in [0.1, 0.15) is 0 Å². The summed E-state index contributed by atoms with van der Waals surface area (Å²) in [7, 11) is 3.71. The van der Waals surface area contributed by atoms with E-state index in [9.17, 15) is 0 Å². The minimum absolute atomic E-state index is 0.337. The average molecular weight is 223 g/mol. The third-order valence-corrected chi connectivity index (χ3v) is 2.71. The molecule has 4 nitrogen and oxygen atoms in total. The quantitative estimate of drug-likeness (QED) is 0.747. The number of rotatable bonds is 6. The van der Waals surface area contributed by atoms with Crippen molar-refractivity contribution in [2.45, 2.75) is 32.7 Å². The van der Waals surface area contributed by atoms with E-state index in [1.54, 1.807) is 7.11 Å². The molecule has 0 fully saturated rings. The van der Waals surface area contributed by atoms with E-state index in [1.807, 2.05) is 20.9 Å². The van der Waals surface area contributed by atoms with Crippen molar-refractivity contribution in [3.05, 3.63) is 23.0 Å². The van der Waals surface area contributed by atoms with E-state index >= 15 is 0 Å². The second-order valence-electron chi connectivity index (χ2n) is 4.00. The van der Waals surface area contributed by atoms with Gasteiger partial charge in [0.25, 0.3) is 0 Å². The minimum atomic E-state index is 0.337. The van der Waals surface area contributed by atoms with Gasteiger partial charge in [-0.2, -0.15) is 10.2 Å². The van der Waals surface area contributed by atoms with Gasteiger partial charge < -0.3 is 10.1 Å². The van der Waals surface area contributed by atoms with Gasteiger partial charge in [-0.15, -0.1) is 0 Å². The smallest absolute Gasteiger partial charge is 0.0648 e. The van der Waals surface area contributed by atoms with Crippen LogP contribution in [0.2, 0.25) is 0 Å². The van der Waals surface area contributed by atoms with Crippen LogP contribution in [0.4, 0.5) is 0 Å². The van der Waals surface area contributed by atoms with Crippen molar-refractivity contribution in [2.24, 2.45) is 0 Å². The van der Waals surface area contributed by atoms with Crippen LogP contribution < -0.4 is 5.32 Å². The summed E-state index contributed by atoms with van der Waals surface area (Å²) in [5.41, 5.74) is 3.21. The van der Waals surface area contributed by atoms with Crippen LogP contribution in [0.25, 0.3) is 0 Å². The molecule has 0 aromatic carbocycles. The maximum Gasteiger partial charge on any atom is 0.0648 e. The van der Waals surface area contributed by atoms with Crippen molar-refractivity contribution in [2.75, 3.05) is 20.8 Å². The number of aromatic nitrogens is 2. The fourth-order valence-electron chi connectivity index (χ4n) is 1.81. The predicted molar refractivity (Wildman–Crippen MR) is 64.4 cm³/mol. The number of nitrogens with one attached hydrogen (secondary N) is 1. The van der Waals surface area contributed by atoms with Crippen molar-refractivity contribution in [3.63, 3.8) is 0 Å². The molecule has 16 heavy (non-hydrogen) atoms. The molecule has 1 unspecified atom stereocenters. The molecule has 4 heteroatoms. The normalized spacial score (nSPS) is 12.8. The topological polar surface area (TPSA) is 47.0 Å². The van der Waals surface area contributed by atoms with Gasteiger partial charge in [0, 0.05) is 19.8 Å². The Labute approximate surface area is 97.4 Å². The van der Waals surface area contributed by atoms with E-state index in [0.29, 0.717) is 6.04 Å². The average Bonchev–Trinajstić information content (AvgIpc) is 2.28. The fourth-order valence-corrected chi connectivity index (χ4v) is 1.81. The summed E-state index contributed by atoms with van der Waals surface area (Å²) in [4.78, 5) is 0. The Hall–Kier alpha value is -1.00. The highest BCUT2D eigenvalue weighted by Gasteiger charge is 2.12. The van der Waals surface area contributed by atoms with Crippen LogP contribution in [-0.4, -0.2) is 31.0 Å². The highest BCUT2D eigenvalue weighted by molar-refractivity contribution is 5.23. The fraction of sp³-hybridized carbons (Fsp3) is 0.667. The number of hydrogen-bond acceptors (Lipinski definition) is 4. The summed E-state index contributed by atoms with van der Waals surface area (Å²) in [6.45, 7) is 4.77. The Bertz CT molecular complexity index is 328. The number of aryl methyl sites for hydroxylation is 2. The lowest BCUT2D eigenvalue weighted by molar-refractivity contribution is 0.189. The number of hydrogen-bond donors (Lipinski definition) is 1. The maximum absolute atomic E-state index is 5.07. The number of nitrogens with zero attached hydrogens (tertiary/aromatic N) is 2. The Morgan fingerprint density at radius 2 is 2.12 bits per heavy atom. The summed E-state index contributed by atoms with van der Waals surface area (Å²) >= 11 is 0. The zero-order valence-corrected chi connectivity index (χ0v) is 10.6. The van der Waals surface area contributed by atoms with Crippen LogP contribution in [0.3, 0.4) is 0 Å². The van der Waals surface area contributed by atoms with Gasteiger partial charge in [-0.25, -0.2) is 0 Å². The van der Waals surface area contributed by atoms with E-state index in [0.717, 1.165) is 30.8 Å². The molecule has 1 N–H and O–H groups in total. The molecular weight excluding hydrogens is 202 g/mol. The summed E-state index contributed by atoms with van der Waals surface area (Å²) in [6, 6.07) is 2.44. The first kappa shape index (κ1) is 13.1. The van der Waals surface area contributed by atoms with Crippen LogP contribution in [0.5, 0.6) is 0 Å². The van der Waals surface area contributed by atoms with Gasteiger partial charge in [-0.05, 0) is 45.4 Å². The summed E-state index contributed by atoms with van der Waals surface area (Å²) in [5.74, 6) is 0. The zero-order valence-electron chi connectivity index (χ0n) is 10.6. The second kappa shape index (κ2) is 6.55. The summed E-state index contributed by atoms with van der Waals surface area (Å²) in [5, 5.41) is 11.5. The van der Waals surface area contributed by atoms with Crippen molar-refractivity contribution in [1.29, 1.82) is 0 Å². The molecule has 0 radical (unpaired) electrons. The van der Waals surface area contributed by atoms with Gasteiger partial charge in [-0.1, -0.05) is 0 Å². The predicted octanol–water partition coefficient (Wildman–Crippen LogP) is 1.78. The Kier molecular flexibility index (Phi) is 5.35. The first-order valence-electron chi connectivity index (χ1n) is 5.66. The molecule has 0 amide bonds. The van der Waals surface area contributed by atoms with Crippen molar-refractivity contribution in [1.82, 2.24) is 15.5 Å². The van der Waals surface area contributed by atoms with Crippen molar-refractivity contribution < 1.29 is 4.74 Å². The Morgan fingerprint density at radius 1 is 1.38 bits per heavy atom. The first-order valence-corrected chi connectivity index (χ1v) is 5.66. The molecule has 1 heterocycles. The van der Waals surface area contributed by atoms with Crippen molar-refractivity contribution >= 4 is 0 Å². The molecule has 0 aliphatic rings. The molecule has 0 aliphatic carbocycles. The molecule has 0 saturated carbocycles. The van der Waals surface area contributed by atoms with Crippen LogP contribution >= 0.6 is 0 Å². The van der Waals surface area contributed by atoms with Crippen LogP contribution in [0.15, 0.2) is 6.07 Å². The molecule has 0 spiro atoms. The van der Waals surface area contributed by atoms with Gasteiger partial charge in [0.15, 0.2) is 0 Å². The first-order chi connectivity index (χ1) is 7.69. The highest BCUT2D eigenvalue weighted by atomic mass is 16.5. The van der Waals surface area contributed by atoms with E-state index < -0.39 is 0 Å². The van der Waals surface area contributed by atoms with Gasteiger partial charge >= 0.3 is 0 Å². The minimum Gasteiger partial charge on any atom is -0.385 e. The lowest BCUT2D eigenvalue weighted by Gasteiger charge is -2.18. The lowest BCUT2D eigenvalue weighted by Crippen LogP contribution is -2.19. The molecular formula is C12H21N3O. The van der Waals surface area contributed by atoms with E-state index in [1.165, 1.54) is 5.56 Å². The third-order valence-electron chi connectivity index (χ3n) is 2.71. The van der Waals surface area contributed by atoms with Crippen molar-refractivity contribution in [3.8, 4) is 0 Å². The molecule has 1 aromatic heterocycles. The number of methoxy groups -OCH3 is 1. The molecule has 1 rings (SSSR count). The van der Waals surface area contributed by atoms with Gasteiger partial charge in [-0.3, -0.25) is 0 Å². The zero-order chi connectivity index (χ0) is 12.0. The standard InChI is InChI=1S/C12H21N3O/c1-9-8-11(10(2)15-14-9)12(13-3)6-5-7-16-4/h8,12-13H,5-7H2,1-4H3. The Morgan fingerprint density at radius 3 is 2.75 bits per heavy atom. The summed E-state index contributed by atoms with van der Waals surface area (Å²) < 4.78 is 5.07. The molecule has 0 saturated heterocycles. The van der Waals surface area contributed by atoms with Gasteiger partial charge in [0.05, 0.1) is 11.4 Å². The largest absolute Gasteiger partial charge is 0.385 e. The monoisotopic (exact) mass is 223 g/mol. The summed E-state index contributed by atoms with van der Waals surface area (Å²) in [6.07, 6.45) is 2.10. The van der Waals surface area contributed by atoms with E-state index in [-0.39, 0.29) is 0 Å². The highest BCUT2D eigenvalue weighted by Crippen LogP contribution is 2.20. The Balaban J connectivity index is 2.73. The third kappa shape index (κ3) is 3.54. The SMILES string of the molecule is CNC(CCCOC)c1cc(C)nnc1C. The molecule has 0 aliphatic heterocycles. The van der Waals surface area contributed by atoms with Crippen LogP contribution in [0, 0.1) is 13.8 Å². The molecule has 0 bridgehead atoms. The second-order valence-corrected chi connectivity index (χ2v) is 4.00. The lowest BCUT2D eigenvalue weighted by atomic mass is 10.0. The maximum atomic E-state index is 5.07. The van der Waals surface area contributed by atoms with Gasteiger partial charge in [0.2, 0.25) is 0 Å².